The molecule has 0 bridgehead atoms. The van der Waals surface area contributed by atoms with Crippen LogP contribution >= 0.6 is 0 Å². The molecule has 2 aliphatic rings. The van der Waals surface area contributed by atoms with Gasteiger partial charge in [0.2, 0.25) is 12.1 Å². The molecule has 2 N–H and O–H groups in total. The van der Waals surface area contributed by atoms with E-state index < -0.39 is 22.1 Å². The highest BCUT2D eigenvalue weighted by molar-refractivity contribution is 7.89. The van der Waals surface area contributed by atoms with Crippen LogP contribution in [0.3, 0.4) is 0 Å². The van der Waals surface area contributed by atoms with Crippen molar-refractivity contribution in [1.29, 1.82) is 0 Å². The molecule has 158 valence electrons. The zero-order chi connectivity index (χ0) is 21.5. The Morgan fingerprint density at radius 1 is 1.20 bits per heavy atom. The van der Waals surface area contributed by atoms with E-state index in [9.17, 15) is 22.4 Å². The van der Waals surface area contributed by atoms with Crippen molar-refractivity contribution in [3.63, 3.8) is 0 Å². The topological polar surface area (TPSA) is 105 Å². The Morgan fingerprint density at radius 2 is 1.93 bits per heavy atom. The van der Waals surface area contributed by atoms with Crippen LogP contribution in [0.4, 0.5) is 4.39 Å². The van der Waals surface area contributed by atoms with Gasteiger partial charge in [0.05, 0.1) is 12.6 Å². The van der Waals surface area contributed by atoms with E-state index in [4.69, 9.17) is 5.84 Å². The Balaban J connectivity index is 1.49. The number of carbonyl (C=O) groups excluding carboxylic acids is 2. The van der Waals surface area contributed by atoms with Gasteiger partial charge < -0.3 is 4.90 Å². The van der Waals surface area contributed by atoms with Crippen molar-refractivity contribution in [3.8, 4) is 0 Å². The van der Waals surface area contributed by atoms with Crippen molar-refractivity contribution in [2.24, 2.45) is 0 Å². The van der Waals surface area contributed by atoms with Crippen molar-refractivity contribution >= 4 is 21.7 Å². The fourth-order valence-corrected chi connectivity index (χ4v) is 5.89. The van der Waals surface area contributed by atoms with Crippen LogP contribution in [0.1, 0.15) is 18.4 Å². The van der Waals surface area contributed by atoms with Gasteiger partial charge in [0, 0.05) is 25.1 Å². The number of Topliss-reactive ketones (excluding diaryl/α,β-unsaturated/α-hetero) is 1. The first kappa shape index (κ1) is 20.4. The summed E-state index contributed by atoms with van der Waals surface area (Å²) in [7, 11) is -3.99. The molecular weight excluding hydrogens is 411 g/mol. The summed E-state index contributed by atoms with van der Waals surface area (Å²) >= 11 is 0. The van der Waals surface area contributed by atoms with Gasteiger partial charge in [0.15, 0.2) is 5.78 Å². The molecule has 4 rings (SSSR count). The highest BCUT2D eigenvalue weighted by Gasteiger charge is 2.55. The van der Waals surface area contributed by atoms with Gasteiger partial charge in [-0.15, -0.1) is 0 Å². The van der Waals surface area contributed by atoms with E-state index in [1.54, 1.807) is 24.3 Å². The number of benzene rings is 1. The van der Waals surface area contributed by atoms with Crippen LogP contribution in [0.15, 0.2) is 53.7 Å². The third-order valence-corrected chi connectivity index (χ3v) is 7.56. The predicted molar refractivity (Wildman–Crippen MR) is 104 cm³/mol. The summed E-state index contributed by atoms with van der Waals surface area (Å²) in [6.07, 6.45) is 2.38. The maximum atomic E-state index is 13.1. The van der Waals surface area contributed by atoms with Gasteiger partial charge in [-0.05, 0) is 36.6 Å². The number of nitrogen functional groups attached to an aromatic ring is 1. The molecule has 2 atom stereocenters. The molecule has 10 heteroatoms. The molecule has 2 aromatic rings. The first-order valence-electron chi connectivity index (χ1n) is 9.63. The minimum atomic E-state index is -3.99. The van der Waals surface area contributed by atoms with Crippen molar-refractivity contribution in [2.75, 3.05) is 18.9 Å². The lowest BCUT2D eigenvalue weighted by atomic mass is 10.1. The minimum absolute atomic E-state index is 0.112. The highest BCUT2D eigenvalue weighted by Crippen LogP contribution is 2.33. The first-order chi connectivity index (χ1) is 14.3. The molecule has 0 saturated carbocycles. The molecule has 0 aliphatic carbocycles. The van der Waals surface area contributed by atoms with E-state index in [1.807, 2.05) is 0 Å². The number of pyridine rings is 1. The summed E-state index contributed by atoms with van der Waals surface area (Å²) in [4.78, 5) is 26.9. The van der Waals surface area contributed by atoms with Crippen LogP contribution in [-0.4, -0.2) is 54.5 Å². The number of fused-ring (bicyclic) bond motifs is 1. The Morgan fingerprint density at radius 3 is 2.63 bits per heavy atom. The monoisotopic (exact) mass is 433 g/mol. The third-order valence-electron chi connectivity index (χ3n) is 5.66. The maximum Gasteiger partial charge on any atom is 0.340 e. The summed E-state index contributed by atoms with van der Waals surface area (Å²) < 4.78 is 41.4. The lowest BCUT2D eigenvalue weighted by molar-refractivity contribution is -0.678. The van der Waals surface area contributed by atoms with Gasteiger partial charge in [0.1, 0.15) is 11.9 Å². The molecule has 2 fully saturated rings. The lowest BCUT2D eigenvalue weighted by Gasteiger charge is -2.23. The molecule has 1 aromatic carbocycles. The molecule has 0 radical (unpaired) electrons. The Labute approximate surface area is 173 Å². The largest absolute Gasteiger partial charge is 0.340 e. The summed E-state index contributed by atoms with van der Waals surface area (Å²) in [5.74, 6) is 4.91. The smallest absolute Gasteiger partial charge is 0.331 e. The number of nitrogens with two attached hydrogens (primary N) is 1. The van der Waals surface area contributed by atoms with Crippen molar-refractivity contribution < 1.29 is 27.1 Å². The van der Waals surface area contributed by atoms with Crippen LogP contribution in [0.5, 0.6) is 0 Å². The summed E-state index contributed by atoms with van der Waals surface area (Å²) in [5, 5.41) is -0.112. The lowest BCUT2D eigenvalue weighted by Crippen LogP contribution is -2.52. The zero-order valence-electron chi connectivity index (χ0n) is 16.1. The number of sulfonamides is 1. The molecule has 8 nitrogen and oxygen atoms in total. The second-order valence-corrected chi connectivity index (χ2v) is 9.31. The molecule has 3 heterocycles. The van der Waals surface area contributed by atoms with Gasteiger partial charge in [-0.2, -0.15) is 4.31 Å². The normalized spacial score (nSPS) is 21.8. The molecule has 1 aromatic heterocycles. The van der Waals surface area contributed by atoms with Crippen LogP contribution in [0, 0.1) is 5.82 Å². The number of rotatable bonds is 5. The summed E-state index contributed by atoms with van der Waals surface area (Å²) in [5.41, 5.74) is 0.819. The number of aryl methyl sites for hydroxylation is 1. The number of halogens is 1. The Bertz CT molecular complexity index is 1090. The van der Waals surface area contributed by atoms with E-state index in [2.05, 4.69) is 0 Å². The Kier molecular flexibility index (Phi) is 5.29. The number of likely N-dealkylation sites (tertiary alicyclic amines) is 1. The number of amides is 1. The fraction of sp³-hybridized carbons (Fsp3) is 0.350. The van der Waals surface area contributed by atoms with E-state index in [0.29, 0.717) is 19.4 Å². The fourth-order valence-electron chi connectivity index (χ4n) is 4.20. The number of nitrogens with zero attached hydrogens (tertiary/aromatic N) is 3. The standard InChI is InChI=1S/C20H22FN4O4S/c21-15-7-4-14(5-8-15)6-9-18(27)23-12-10-16-20(23)17(26)13-25(16)30(28,29)19-3-1-2-11-24(19)22/h1-5,7-8,11,16,20H,6,9-10,12-13,22H2/q+1. The van der Waals surface area contributed by atoms with Crippen molar-refractivity contribution in [1.82, 2.24) is 9.21 Å². The number of aromatic nitrogens is 1. The van der Waals surface area contributed by atoms with Crippen molar-refractivity contribution in [2.45, 2.75) is 36.4 Å². The quantitative estimate of drug-likeness (QED) is 0.528. The second-order valence-electron chi connectivity index (χ2n) is 7.48. The van der Waals surface area contributed by atoms with E-state index in [-0.39, 0.29) is 35.5 Å². The van der Waals surface area contributed by atoms with Crippen LogP contribution in [-0.2, 0) is 26.0 Å². The van der Waals surface area contributed by atoms with Gasteiger partial charge in [-0.25, -0.2) is 18.7 Å². The number of ketones is 1. The van der Waals surface area contributed by atoms with Gasteiger partial charge >= 0.3 is 15.0 Å². The molecule has 2 aliphatic heterocycles. The predicted octanol–water partition coefficient (Wildman–Crippen LogP) is 0.00270. The van der Waals surface area contributed by atoms with Gasteiger partial charge in [-0.3, -0.25) is 9.59 Å². The maximum absolute atomic E-state index is 13.1. The molecule has 1 amide bonds. The van der Waals surface area contributed by atoms with Crippen LogP contribution < -0.4 is 10.5 Å². The average molecular weight is 433 g/mol. The molecule has 2 unspecified atom stereocenters. The van der Waals surface area contributed by atoms with Gasteiger partial charge in [-0.1, -0.05) is 16.8 Å². The summed E-state index contributed by atoms with van der Waals surface area (Å²) in [6.45, 7) is 0.0288. The Hall–Kier alpha value is -2.85. The van der Waals surface area contributed by atoms with E-state index in [0.717, 1.165) is 14.5 Å². The van der Waals surface area contributed by atoms with Gasteiger partial charge in [0.25, 0.3) is 0 Å². The number of hydrogen-bond donors (Lipinski definition) is 1. The minimum Gasteiger partial charge on any atom is -0.331 e. The third kappa shape index (κ3) is 3.56. The first-order valence-corrected chi connectivity index (χ1v) is 11.1. The second kappa shape index (κ2) is 7.77. The van der Waals surface area contributed by atoms with E-state index >= 15 is 0 Å². The number of hydrogen-bond acceptors (Lipinski definition) is 5. The average Bonchev–Trinajstić information content (AvgIpc) is 3.29. The molecule has 30 heavy (non-hydrogen) atoms. The molecule has 2 saturated heterocycles. The summed E-state index contributed by atoms with van der Waals surface area (Å²) in [6, 6.07) is 9.07. The zero-order valence-corrected chi connectivity index (χ0v) is 17.0. The molecular formula is C20H22FN4O4S+. The van der Waals surface area contributed by atoms with E-state index in [1.165, 1.54) is 29.3 Å². The van der Waals surface area contributed by atoms with Crippen molar-refractivity contribution in [3.05, 3.63) is 60.0 Å². The van der Waals surface area contributed by atoms with Crippen LogP contribution in [0.25, 0.3) is 0 Å². The molecule has 0 spiro atoms. The highest BCUT2D eigenvalue weighted by atomic mass is 32.2. The SMILES string of the molecule is N[n+]1ccccc1S(=O)(=O)N1CC(=O)C2C1CCN2C(=O)CCc1ccc(F)cc1. The number of carbonyl (C=O) groups is 2. The van der Waals surface area contributed by atoms with Crippen LogP contribution in [0.2, 0.25) is 0 Å².